The molecule has 0 unspecified atom stereocenters. The van der Waals surface area contributed by atoms with E-state index in [1.807, 2.05) is 0 Å². The van der Waals surface area contributed by atoms with E-state index in [0.717, 1.165) is 19.3 Å². The van der Waals surface area contributed by atoms with E-state index in [9.17, 15) is 9.90 Å². The molecular formula is C14H27NO3. The molecule has 1 aliphatic heterocycles. The molecule has 4 heteroatoms. The van der Waals surface area contributed by atoms with Gasteiger partial charge in [-0.25, -0.2) is 0 Å². The summed E-state index contributed by atoms with van der Waals surface area (Å²) < 4.78 is 5.26. The lowest BCUT2D eigenvalue weighted by Crippen LogP contribution is -2.30. The van der Waals surface area contributed by atoms with E-state index in [0.29, 0.717) is 0 Å². The second-order valence-electron chi connectivity index (χ2n) is 5.38. The number of rotatable bonds is 9. The lowest BCUT2D eigenvalue weighted by Gasteiger charge is -2.09. The van der Waals surface area contributed by atoms with E-state index in [1.54, 1.807) is 14.1 Å². The summed E-state index contributed by atoms with van der Waals surface area (Å²) in [5, 5.41) is 9.90. The van der Waals surface area contributed by atoms with Gasteiger partial charge in [0.05, 0.1) is 6.10 Å². The number of likely N-dealkylation sites (N-methyl/N-ethyl adjacent to an activating group) is 1. The van der Waals surface area contributed by atoms with Gasteiger partial charge in [-0.2, -0.15) is 0 Å². The van der Waals surface area contributed by atoms with Gasteiger partial charge >= 0.3 is 0 Å². The quantitative estimate of drug-likeness (QED) is 0.507. The van der Waals surface area contributed by atoms with Crippen molar-refractivity contribution in [2.75, 3.05) is 14.1 Å². The molecule has 1 fully saturated rings. The number of hydrogen-bond donors (Lipinski definition) is 1. The molecule has 0 bridgehead atoms. The number of amides is 1. The average molecular weight is 257 g/mol. The van der Waals surface area contributed by atoms with Crippen LogP contribution in [0.5, 0.6) is 0 Å². The van der Waals surface area contributed by atoms with E-state index in [-0.39, 0.29) is 12.0 Å². The lowest BCUT2D eigenvalue weighted by atomic mass is 10.0. The predicted molar refractivity (Wildman–Crippen MR) is 71.4 cm³/mol. The Balaban J connectivity index is 2.05. The maximum Gasteiger partial charge on any atom is 0.254 e. The zero-order valence-corrected chi connectivity index (χ0v) is 11.9. The van der Waals surface area contributed by atoms with Crippen LogP contribution in [0.3, 0.4) is 0 Å². The number of aliphatic hydroxyl groups is 1. The molecule has 0 aromatic heterocycles. The van der Waals surface area contributed by atoms with Crippen LogP contribution in [0.4, 0.5) is 0 Å². The van der Waals surface area contributed by atoms with Crippen molar-refractivity contribution >= 4 is 5.91 Å². The van der Waals surface area contributed by atoms with Gasteiger partial charge in [-0.1, -0.05) is 45.4 Å². The fourth-order valence-corrected chi connectivity index (χ4v) is 2.17. The number of unbranched alkanes of at least 4 members (excludes halogenated alkanes) is 5. The molecule has 4 nitrogen and oxygen atoms in total. The van der Waals surface area contributed by atoms with Crippen molar-refractivity contribution in [1.82, 2.24) is 4.90 Å². The Morgan fingerprint density at radius 3 is 2.44 bits per heavy atom. The molecule has 1 rings (SSSR count). The monoisotopic (exact) mass is 257 g/mol. The number of ether oxygens (including phenoxy) is 1. The maximum absolute atomic E-state index is 11.6. The molecule has 1 N–H and O–H groups in total. The predicted octanol–water partition coefficient (Wildman–Crippen LogP) is 1.95. The standard InChI is InChI=1S/C14H27NO3/c1-4-5-6-7-8-9-10-11(16)12-13(18-12)14(17)15(2)3/h11-13,16H,4-10H2,1-3H3/t11-,12+,13+/m0/s1. The fraction of sp³-hybridized carbons (Fsp3) is 0.929. The fourth-order valence-electron chi connectivity index (χ4n) is 2.17. The van der Waals surface area contributed by atoms with Gasteiger partial charge in [0.25, 0.3) is 5.91 Å². The maximum atomic E-state index is 11.6. The Kier molecular flexibility index (Phi) is 6.65. The minimum Gasteiger partial charge on any atom is -0.390 e. The summed E-state index contributed by atoms with van der Waals surface area (Å²) in [7, 11) is 3.42. The molecule has 1 amide bonds. The molecule has 0 aromatic rings. The molecule has 0 radical (unpaired) electrons. The smallest absolute Gasteiger partial charge is 0.254 e. The van der Waals surface area contributed by atoms with Gasteiger partial charge in [-0.3, -0.25) is 4.79 Å². The van der Waals surface area contributed by atoms with Gasteiger partial charge in [-0.15, -0.1) is 0 Å². The molecule has 0 spiro atoms. The third-order valence-corrected chi connectivity index (χ3v) is 3.44. The number of carbonyl (C=O) groups is 1. The van der Waals surface area contributed by atoms with Crippen molar-refractivity contribution in [3.05, 3.63) is 0 Å². The van der Waals surface area contributed by atoms with Gasteiger partial charge in [0.2, 0.25) is 0 Å². The topological polar surface area (TPSA) is 53.1 Å². The molecule has 0 aliphatic carbocycles. The van der Waals surface area contributed by atoms with Crippen LogP contribution < -0.4 is 0 Å². The van der Waals surface area contributed by atoms with Gasteiger partial charge in [0.1, 0.15) is 6.10 Å². The Morgan fingerprint density at radius 1 is 1.22 bits per heavy atom. The van der Waals surface area contributed by atoms with Crippen molar-refractivity contribution in [2.45, 2.75) is 70.2 Å². The summed E-state index contributed by atoms with van der Waals surface area (Å²) in [5.41, 5.74) is 0. The number of aliphatic hydroxyl groups excluding tert-OH is 1. The SMILES string of the molecule is CCCCCCCC[C@H](O)[C@H]1O[C@H]1C(=O)N(C)C. The van der Waals surface area contributed by atoms with Crippen molar-refractivity contribution in [3.63, 3.8) is 0 Å². The van der Waals surface area contributed by atoms with Crippen LogP contribution in [0.15, 0.2) is 0 Å². The van der Waals surface area contributed by atoms with Gasteiger partial charge in [0, 0.05) is 14.1 Å². The second kappa shape index (κ2) is 7.74. The lowest BCUT2D eigenvalue weighted by molar-refractivity contribution is -0.130. The third-order valence-electron chi connectivity index (χ3n) is 3.44. The highest BCUT2D eigenvalue weighted by Crippen LogP contribution is 2.29. The van der Waals surface area contributed by atoms with E-state index in [4.69, 9.17) is 4.74 Å². The van der Waals surface area contributed by atoms with Crippen LogP contribution >= 0.6 is 0 Å². The molecule has 18 heavy (non-hydrogen) atoms. The Hall–Kier alpha value is -0.610. The van der Waals surface area contributed by atoms with E-state index in [2.05, 4.69) is 6.92 Å². The van der Waals surface area contributed by atoms with Gasteiger partial charge < -0.3 is 14.7 Å². The molecule has 0 aromatic carbocycles. The molecule has 1 saturated heterocycles. The molecule has 1 aliphatic rings. The first-order valence-corrected chi connectivity index (χ1v) is 7.12. The Morgan fingerprint density at radius 2 is 1.83 bits per heavy atom. The largest absolute Gasteiger partial charge is 0.390 e. The van der Waals surface area contributed by atoms with Crippen LogP contribution in [-0.2, 0) is 9.53 Å². The van der Waals surface area contributed by atoms with Gasteiger partial charge in [0.15, 0.2) is 6.10 Å². The minimum atomic E-state index is -0.481. The van der Waals surface area contributed by atoms with E-state index < -0.39 is 12.2 Å². The first-order chi connectivity index (χ1) is 8.57. The summed E-state index contributed by atoms with van der Waals surface area (Å²) in [4.78, 5) is 13.1. The van der Waals surface area contributed by atoms with Crippen LogP contribution in [0.25, 0.3) is 0 Å². The van der Waals surface area contributed by atoms with Crippen LogP contribution in [-0.4, -0.2) is 48.3 Å². The average Bonchev–Trinajstić information content (AvgIpc) is 3.12. The minimum absolute atomic E-state index is 0.0398. The summed E-state index contributed by atoms with van der Waals surface area (Å²) in [6, 6.07) is 0. The summed E-state index contributed by atoms with van der Waals surface area (Å²) in [5.74, 6) is -0.0398. The number of carbonyl (C=O) groups excluding carboxylic acids is 1. The first-order valence-electron chi connectivity index (χ1n) is 7.12. The summed E-state index contributed by atoms with van der Waals surface area (Å²) in [6.45, 7) is 2.20. The summed E-state index contributed by atoms with van der Waals surface area (Å²) in [6.07, 6.45) is 6.86. The van der Waals surface area contributed by atoms with Crippen LogP contribution in [0.1, 0.15) is 51.9 Å². The first kappa shape index (κ1) is 15.4. The summed E-state index contributed by atoms with van der Waals surface area (Å²) >= 11 is 0. The molecule has 1 heterocycles. The number of hydrogen-bond acceptors (Lipinski definition) is 3. The van der Waals surface area contributed by atoms with E-state index >= 15 is 0 Å². The molecular weight excluding hydrogens is 230 g/mol. The van der Waals surface area contributed by atoms with Gasteiger partial charge in [-0.05, 0) is 6.42 Å². The second-order valence-corrected chi connectivity index (χ2v) is 5.38. The highest BCUT2D eigenvalue weighted by atomic mass is 16.6. The van der Waals surface area contributed by atoms with Crippen molar-refractivity contribution in [2.24, 2.45) is 0 Å². The van der Waals surface area contributed by atoms with E-state index in [1.165, 1.54) is 30.6 Å². The normalized spacial score (nSPS) is 23.8. The third kappa shape index (κ3) is 4.94. The van der Waals surface area contributed by atoms with Crippen LogP contribution in [0.2, 0.25) is 0 Å². The highest BCUT2D eigenvalue weighted by Gasteiger charge is 2.49. The molecule has 106 valence electrons. The highest BCUT2D eigenvalue weighted by molar-refractivity contribution is 5.83. The molecule has 3 atom stereocenters. The Bertz CT molecular complexity index is 255. The van der Waals surface area contributed by atoms with Crippen LogP contribution in [0, 0.1) is 0 Å². The Labute approximate surface area is 110 Å². The molecule has 0 saturated carbocycles. The number of nitrogens with zero attached hydrogens (tertiary/aromatic N) is 1. The van der Waals surface area contributed by atoms with Crippen molar-refractivity contribution in [1.29, 1.82) is 0 Å². The number of epoxide rings is 1. The van der Waals surface area contributed by atoms with Crippen molar-refractivity contribution < 1.29 is 14.6 Å². The zero-order chi connectivity index (χ0) is 13.5. The van der Waals surface area contributed by atoms with Crippen molar-refractivity contribution in [3.8, 4) is 0 Å². The zero-order valence-electron chi connectivity index (χ0n) is 11.9.